The highest BCUT2D eigenvalue weighted by atomic mass is 16.5. The number of rotatable bonds is 7. The van der Waals surface area contributed by atoms with Gasteiger partial charge in [-0.25, -0.2) is 9.97 Å². The van der Waals surface area contributed by atoms with E-state index in [2.05, 4.69) is 20.2 Å². The highest BCUT2D eigenvalue weighted by Crippen LogP contribution is 2.31. The third-order valence-electron chi connectivity index (χ3n) is 5.93. The number of carbonyl (C=O) groups is 2. The molecule has 2 aliphatic heterocycles. The molecule has 1 atom stereocenters. The lowest BCUT2D eigenvalue weighted by atomic mass is 9.95. The van der Waals surface area contributed by atoms with Crippen LogP contribution in [0.3, 0.4) is 0 Å². The fourth-order valence-corrected chi connectivity index (χ4v) is 4.03. The summed E-state index contributed by atoms with van der Waals surface area (Å²) in [5.74, 6) is 1.33. The second kappa shape index (κ2) is 8.96. The zero-order valence-electron chi connectivity index (χ0n) is 16.3. The summed E-state index contributed by atoms with van der Waals surface area (Å²) in [6, 6.07) is 0. The molecule has 8 heteroatoms. The minimum absolute atomic E-state index is 0.0550. The van der Waals surface area contributed by atoms with Crippen LogP contribution in [0, 0.1) is 11.8 Å². The fourth-order valence-electron chi connectivity index (χ4n) is 4.03. The van der Waals surface area contributed by atoms with E-state index in [4.69, 9.17) is 4.74 Å². The molecule has 152 valence electrons. The Morgan fingerprint density at radius 2 is 1.82 bits per heavy atom. The molecular formula is C20H29N5O3. The van der Waals surface area contributed by atoms with Gasteiger partial charge in [0.15, 0.2) is 0 Å². The van der Waals surface area contributed by atoms with Crippen LogP contribution in [0.25, 0.3) is 0 Å². The van der Waals surface area contributed by atoms with Crippen LogP contribution in [0.1, 0.15) is 36.0 Å². The van der Waals surface area contributed by atoms with E-state index in [0.717, 1.165) is 38.4 Å². The Kier molecular flexibility index (Phi) is 6.17. The first kappa shape index (κ1) is 19.3. The first-order chi connectivity index (χ1) is 13.7. The molecule has 3 fully saturated rings. The Morgan fingerprint density at radius 3 is 2.54 bits per heavy atom. The molecular weight excluding hydrogens is 358 g/mol. The molecule has 2 saturated heterocycles. The van der Waals surface area contributed by atoms with Gasteiger partial charge in [0, 0.05) is 38.6 Å². The monoisotopic (exact) mass is 387 g/mol. The summed E-state index contributed by atoms with van der Waals surface area (Å²) in [7, 11) is 0. The molecule has 4 rings (SSSR count). The molecule has 0 bridgehead atoms. The number of ether oxygens (including phenoxy) is 1. The summed E-state index contributed by atoms with van der Waals surface area (Å²) < 4.78 is 5.62. The summed E-state index contributed by atoms with van der Waals surface area (Å²) in [6.07, 6.45) is 9.29. The van der Waals surface area contributed by atoms with Crippen LogP contribution in [-0.4, -0.2) is 83.6 Å². The standard InChI is InChI=1S/C20H29N5O3/c26-19-13-28-18(9-23-20(27)17-7-21-14-22-8-17)12-25(19)11-16-3-5-24(6-4-16)10-15-1-2-15/h7-8,14-16,18H,1-6,9-13H2,(H,23,27). The van der Waals surface area contributed by atoms with E-state index in [-0.39, 0.29) is 24.5 Å². The average Bonchev–Trinajstić information content (AvgIpc) is 3.54. The van der Waals surface area contributed by atoms with Gasteiger partial charge < -0.3 is 19.9 Å². The van der Waals surface area contributed by atoms with Crippen LogP contribution in [-0.2, 0) is 9.53 Å². The molecule has 1 aromatic heterocycles. The van der Waals surface area contributed by atoms with E-state index in [9.17, 15) is 9.59 Å². The molecule has 28 heavy (non-hydrogen) atoms. The molecule has 3 heterocycles. The molecule has 3 aliphatic rings. The molecule has 0 radical (unpaired) electrons. The minimum atomic E-state index is -0.226. The second-order valence-corrected chi connectivity index (χ2v) is 8.26. The Hall–Kier alpha value is -2.06. The van der Waals surface area contributed by atoms with Crippen molar-refractivity contribution in [3.63, 3.8) is 0 Å². The number of amides is 2. The topological polar surface area (TPSA) is 87.7 Å². The van der Waals surface area contributed by atoms with Crippen LogP contribution < -0.4 is 5.32 Å². The number of morpholine rings is 1. The number of carbonyl (C=O) groups excluding carboxylic acids is 2. The zero-order valence-corrected chi connectivity index (χ0v) is 16.3. The van der Waals surface area contributed by atoms with Crippen molar-refractivity contribution < 1.29 is 14.3 Å². The summed E-state index contributed by atoms with van der Waals surface area (Å²) >= 11 is 0. The van der Waals surface area contributed by atoms with Crippen molar-refractivity contribution in [1.29, 1.82) is 0 Å². The Morgan fingerprint density at radius 1 is 1.11 bits per heavy atom. The Labute approximate surface area is 165 Å². The van der Waals surface area contributed by atoms with Crippen LogP contribution >= 0.6 is 0 Å². The SMILES string of the molecule is O=C(NCC1CN(CC2CCN(CC3CC3)CC2)C(=O)CO1)c1cncnc1. The van der Waals surface area contributed by atoms with Gasteiger partial charge in [0.05, 0.1) is 11.7 Å². The number of piperidine rings is 1. The summed E-state index contributed by atoms with van der Waals surface area (Å²) in [5.41, 5.74) is 0.421. The lowest BCUT2D eigenvalue weighted by molar-refractivity contribution is -0.149. The van der Waals surface area contributed by atoms with Crippen molar-refractivity contribution in [2.24, 2.45) is 11.8 Å². The molecule has 0 spiro atoms. The summed E-state index contributed by atoms with van der Waals surface area (Å²) in [6.45, 7) is 5.37. The van der Waals surface area contributed by atoms with Gasteiger partial charge in [0.2, 0.25) is 5.91 Å². The first-order valence-corrected chi connectivity index (χ1v) is 10.3. The van der Waals surface area contributed by atoms with Gasteiger partial charge in [-0.3, -0.25) is 9.59 Å². The first-order valence-electron chi connectivity index (χ1n) is 10.3. The Bertz CT molecular complexity index is 674. The highest BCUT2D eigenvalue weighted by molar-refractivity contribution is 5.93. The maximum atomic E-state index is 12.3. The maximum Gasteiger partial charge on any atom is 0.254 e. The molecule has 1 aliphatic carbocycles. The molecule has 1 N–H and O–H groups in total. The van der Waals surface area contributed by atoms with Crippen molar-refractivity contribution in [2.75, 3.05) is 45.9 Å². The number of likely N-dealkylation sites (tertiary alicyclic amines) is 1. The summed E-state index contributed by atoms with van der Waals surface area (Å²) in [4.78, 5) is 36.6. The van der Waals surface area contributed by atoms with Gasteiger partial charge >= 0.3 is 0 Å². The smallest absolute Gasteiger partial charge is 0.254 e. The van der Waals surface area contributed by atoms with Crippen LogP contribution in [0.15, 0.2) is 18.7 Å². The van der Waals surface area contributed by atoms with Crippen molar-refractivity contribution in [1.82, 2.24) is 25.1 Å². The van der Waals surface area contributed by atoms with Crippen molar-refractivity contribution >= 4 is 11.8 Å². The van der Waals surface area contributed by atoms with Crippen molar-refractivity contribution in [3.8, 4) is 0 Å². The number of hydrogen-bond donors (Lipinski definition) is 1. The number of hydrogen-bond acceptors (Lipinski definition) is 6. The predicted octanol–water partition coefficient (Wildman–Crippen LogP) is 0.556. The van der Waals surface area contributed by atoms with Gasteiger partial charge in [0.1, 0.15) is 12.9 Å². The minimum Gasteiger partial charge on any atom is -0.365 e. The van der Waals surface area contributed by atoms with E-state index in [1.807, 2.05) is 4.90 Å². The average molecular weight is 387 g/mol. The van der Waals surface area contributed by atoms with Crippen LogP contribution in [0.4, 0.5) is 0 Å². The van der Waals surface area contributed by atoms with E-state index in [1.165, 1.54) is 38.1 Å². The molecule has 2 amide bonds. The van der Waals surface area contributed by atoms with E-state index in [1.54, 1.807) is 0 Å². The van der Waals surface area contributed by atoms with Crippen molar-refractivity contribution in [3.05, 3.63) is 24.3 Å². The normalized spacial score (nSPS) is 24.4. The lowest BCUT2D eigenvalue weighted by Crippen LogP contribution is -2.52. The van der Waals surface area contributed by atoms with Gasteiger partial charge in [-0.1, -0.05) is 0 Å². The van der Waals surface area contributed by atoms with Gasteiger partial charge in [0.25, 0.3) is 5.91 Å². The predicted molar refractivity (Wildman–Crippen MR) is 103 cm³/mol. The van der Waals surface area contributed by atoms with Gasteiger partial charge in [-0.05, 0) is 50.6 Å². The molecule has 1 aromatic rings. The molecule has 0 aromatic carbocycles. The maximum absolute atomic E-state index is 12.3. The van der Waals surface area contributed by atoms with E-state index < -0.39 is 0 Å². The van der Waals surface area contributed by atoms with E-state index >= 15 is 0 Å². The van der Waals surface area contributed by atoms with Gasteiger partial charge in [-0.15, -0.1) is 0 Å². The number of nitrogens with zero attached hydrogens (tertiary/aromatic N) is 4. The van der Waals surface area contributed by atoms with Crippen LogP contribution in [0.2, 0.25) is 0 Å². The quantitative estimate of drug-likeness (QED) is 0.735. The Balaban J connectivity index is 1.21. The summed E-state index contributed by atoms with van der Waals surface area (Å²) in [5, 5.41) is 2.85. The van der Waals surface area contributed by atoms with Crippen LogP contribution in [0.5, 0.6) is 0 Å². The molecule has 1 saturated carbocycles. The number of aromatic nitrogens is 2. The largest absolute Gasteiger partial charge is 0.365 e. The second-order valence-electron chi connectivity index (χ2n) is 8.26. The van der Waals surface area contributed by atoms with Crippen molar-refractivity contribution in [2.45, 2.75) is 31.8 Å². The number of nitrogens with one attached hydrogen (secondary N) is 1. The third kappa shape index (κ3) is 5.26. The van der Waals surface area contributed by atoms with Gasteiger partial charge in [-0.2, -0.15) is 0 Å². The molecule has 1 unspecified atom stereocenters. The molecule has 8 nitrogen and oxygen atoms in total. The van der Waals surface area contributed by atoms with E-state index in [0.29, 0.717) is 24.6 Å². The fraction of sp³-hybridized carbons (Fsp3) is 0.700. The lowest BCUT2D eigenvalue weighted by Gasteiger charge is -2.38. The zero-order chi connectivity index (χ0) is 19.3. The highest BCUT2D eigenvalue weighted by Gasteiger charge is 2.31. The third-order valence-corrected chi connectivity index (χ3v) is 5.93.